The minimum absolute atomic E-state index is 0. The SMILES string of the molecule is C[C@H](CO)N1C[C@H](C)[C@H](CN(C)C(=O)Nc2ccc(F)cc2)Oc2ncc(C#Cc3ccccc3)cc2C1=O.[HH].[HH]. The van der Waals surface area contributed by atoms with Gasteiger partial charge in [-0.05, 0) is 49.4 Å². The van der Waals surface area contributed by atoms with E-state index in [-0.39, 0.29) is 39.3 Å². The van der Waals surface area contributed by atoms with Gasteiger partial charge in [-0.3, -0.25) is 4.79 Å². The van der Waals surface area contributed by atoms with E-state index < -0.39 is 24.0 Å². The van der Waals surface area contributed by atoms with Crippen molar-refractivity contribution in [1.29, 1.82) is 0 Å². The third kappa shape index (κ3) is 6.92. The van der Waals surface area contributed by atoms with Crippen molar-refractivity contribution < 1.29 is 26.7 Å². The van der Waals surface area contributed by atoms with Crippen LogP contribution in [-0.4, -0.2) is 70.7 Å². The van der Waals surface area contributed by atoms with Gasteiger partial charge in [0.2, 0.25) is 5.88 Å². The topological polar surface area (TPSA) is 95.0 Å². The van der Waals surface area contributed by atoms with Crippen molar-refractivity contribution in [1.82, 2.24) is 14.8 Å². The molecule has 1 aromatic heterocycles. The van der Waals surface area contributed by atoms with Crippen LogP contribution >= 0.6 is 0 Å². The van der Waals surface area contributed by atoms with Gasteiger partial charge in [0.25, 0.3) is 5.91 Å². The van der Waals surface area contributed by atoms with Crippen LogP contribution in [0.1, 0.15) is 38.2 Å². The van der Waals surface area contributed by atoms with Gasteiger partial charge in [0, 0.05) is 45.4 Å². The predicted octanol–water partition coefficient (Wildman–Crippen LogP) is 4.50. The summed E-state index contributed by atoms with van der Waals surface area (Å²) in [5.41, 5.74) is 2.08. The van der Waals surface area contributed by atoms with Crippen LogP contribution in [0.4, 0.5) is 14.9 Å². The first-order chi connectivity index (χ1) is 18.7. The zero-order chi connectivity index (χ0) is 27.9. The van der Waals surface area contributed by atoms with E-state index in [1.807, 2.05) is 37.3 Å². The number of benzene rings is 2. The van der Waals surface area contributed by atoms with Crippen LogP contribution < -0.4 is 10.1 Å². The number of pyridine rings is 1. The van der Waals surface area contributed by atoms with Crippen molar-refractivity contribution in [3.8, 4) is 17.7 Å². The second kappa shape index (κ2) is 12.4. The second-order valence-electron chi connectivity index (χ2n) is 9.63. The number of hydrogen-bond donors (Lipinski definition) is 2. The third-order valence-electron chi connectivity index (χ3n) is 6.54. The number of carbonyl (C=O) groups is 2. The number of nitrogens with one attached hydrogen (secondary N) is 1. The van der Waals surface area contributed by atoms with Gasteiger partial charge < -0.3 is 25.0 Å². The fourth-order valence-electron chi connectivity index (χ4n) is 4.16. The van der Waals surface area contributed by atoms with Crippen LogP contribution in [0.15, 0.2) is 66.9 Å². The van der Waals surface area contributed by atoms with E-state index in [2.05, 4.69) is 22.1 Å². The van der Waals surface area contributed by atoms with Crippen LogP contribution in [-0.2, 0) is 0 Å². The molecule has 0 aliphatic carbocycles. The molecule has 2 N–H and O–H groups in total. The van der Waals surface area contributed by atoms with E-state index in [1.54, 1.807) is 31.1 Å². The van der Waals surface area contributed by atoms with E-state index >= 15 is 0 Å². The van der Waals surface area contributed by atoms with Gasteiger partial charge in [0.05, 0.1) is 19.2 Å². The lowest BCUT2D eigenvalue weighted by atomic mass is 10.00. The number of ether oxygens (including phenoxy) is 1. The van der Waals surface area contributed by atoms with Crippen molar-refractivity contribution in [2.24, 2.45) is 5.92 Å². The number of anilines is 1. The van der Waals surface area contributed by atoms with Crippen molar-refractivity contribution in [3.05, 3.63) is 89.4 Å². The molecule has 0 saturated heterocycles. The quantitative estimate of drug-likeness (QED) is 0.470. The second-order valence-corrected chi connectivity index (χ2v) is 9.63. The number of carbonyl (C=O) groups excluding carboxylic acids is 2. The zero-order valence-corrected chi connectivity index (χ0v) is 22.1. The maximum Gasteiger partial charge on any atom is 0.321 e. The van der Waals surface area contributed by atoms with Gasteiger partial charge in [-0.15, -0.1) is 0 Å². The molecule has 2 heterocycles. The molecule has 0 spiro atoms. The predicted molar refractivity (Wildman–Crippen MR) is 150 cm³/mol. The maximum atomic E-state index is 13.6. The normalized spacial score (nSPS) is 17.5. The highest BCUT2D eigenvalue weighted by Crippen LogP contribution is 2.27. The van der Waals surface area contributed by atoms with Crippen LogP contribution in [0.3, 0.4) is 0 Å². The molecule has 8 nitrogen and oxygen atoms in total. The Labute approximate surface area is 230 Å². The van der Waals surface area contributed by atoms with Gasteiger partial charge >= 0.3 is 6.03 Å². The summed E-state index contributed by atoms with van der Waals surface area (Å²) in [7, 11) is 1.63. The first kappa shape index (κ1) is 27.6. The highest BCUT2D eigenvalue weighted by Gasteiger charge is 2.34. The molecule has 0 saturated carbocycles. The van der Waals surface area contributed by atoms with Crippen molar-refractivity contribution in [2.45, 2.75) is 26.0 Å². The molecule has 4 rings (SSSR count). The van der Waals surface area contributed by atoms with E-state index in [4.69, 9.17) is 4.74 Å². The zero-order valence-electron chi connectivity index (χ0n) is 22.1. The van der Waals surface area contributed by atoms with Crippen molar-refractivity contribution in [3.63, 3.8) is 0 Å². The molecule has 0 bridgehead atoms. The Morgan fingerprint density at radius 2 is 1.92 bits per heavy atom. The Morgan fingerprint density at radius 3 is 2.62 bits per heavy atom. The third-order valence-corrected chi connectivity index (χ3v) is 6.54. The number of nitrogens with zero attached hydrogens (tertiary/aromatic N) is 3. The number of rotatable bonds is 5. The monoisotopic (exact) mass is 534 g/mol. The summed E-state index contributed by atoms with van der Waals surface area (Å²) in [4.78, 5) is 33.9. The lowest BCUT2D eigenvalue weighted by Gasteiger charge is -2.37. The van der Waals surface area contributed by atoms with E-state index in [1.165, 1.54) is 29.2 Å². The Balaban J connectivity index is 0.00000294. The minimum Gasteiger partial charge on any atom is -0.472 e. The molecule has 1 aliphatic rings. The largest absolute Gasteiger partial charge is 0.472 e. The highest BCUT2D eigenvalue weighted by molar-refractivity contribution is 5.97. The Morgan fingerprint density at radius 1 is 1.23 bits per heavy atom. The summed E-state index contributed by atoms with van der Waals surface area (Å²) in [5, 5.41) is 12.6. The fraction of sp³-hybridized carbons (Fsp3) is 0.300. The standard InChI is InChI=1S/C30H31FN4O4.2H2/c1-20-17-35(21(2)19-36)29(37)26-15-23(10-9-22-7-5-4-6-8-22)16-32-28(26)39-27(20)18-34(3)30(38)33-25-13-11-24(31)12-14-25;;/h4-8,11-16,20-21,27,36H,17-19H2,1-3H3,(H,33,38);2*1H/t20-,21+,27-;;/m0../s1. The molecule has 3 aromatic rings. The van der Waals surface area contributed by atoms with Crippen LogP contribution in [0.5, 0.6) is 5.88 Å². The Kier molecular flexibility index (Phi) is 8.79. The van der Waals surface area contributed by atoms with Gasteiger partial charge in [-0.25, -0.2) is 14.2 Å². The molecule has 0 unspecified atom stereocenters. The molecule has 39 heavy (non-hydrogen) atoms. The van der Waals surface area contributed by atoms with Crippen LogP contribution in [0, 0.1) is 23.6 Å². The van der Waals surface area contributed by atoms with Gasteiger partial charge in [-0.2, -0.15) is 0 Å². The number of fused-ring (bicyclic) bond motifs is 1. The van der Waals surface area contributed by atoms with Crippen LogP contribution in [0.25, 0.3) is 0 Å². The molecule has 3 amide bonds. The number of halogens is 1. The Hall–Kier alpha value is -4.42. The maximum absolute atomic E-state index is 13.6. The molecule has 206 valence electrons. The Bertz CT molecular complexity index is 1380. The van der Waals surface area contributed by atoms with E-state index in [0.29, 0.717) is 17.8 Å². The molecule has 9 heteroatoms. The van der Waals surface area contributed by atoms with E-state index in [9.17, 15) is 19.1 Å². The highest BCUT2D eigenvalue weighted by atomic mass is 19.1. The van der Waals surface area contributed by atoms with Gasteiger partial charge in [0.1, 0.15) is 17.5 Å². The summed E-state index contributed by atoms with van der Waals surface area (Å²) in [6.07, 6.45) is 1.04. The lowest BCUT2D eigenvalue weighted by Crippen LogP contribution is -2.50. The number of amides is 3. The summed E-state index contributed by atoms with van der Waals surface area (Å²) < 4.78 is 19.5. The summed E-state index contributed by atoms with van der Waals surface area (Å²) in [5.74, 6) is 5.35. The van der Waals surface area contributed by atoms with Gasteiger partial charge in [-0.1, -0.05) is 37.0 Å². The first-order valence-corrected chi connectivity index (χ1v) is 12.7. The number of aromatic nitrogens is 1. The average molecular weight is 535 g/mol. The van der Waals surface area contributed by atoms with Crippen molar-refractivity contribution in [2.75, 3.05) is 32.1 Å². The number of hydrogen-bond acceptors (Lipinski definition) is 5. The molecular weight excluding hydrogens is 499 g/mol. The first-order valence-electron chi connectivity index (χ1n) is 12.7. The van der Waals surface area contributed by atoms with Crippen molar-refractivity contribution >= 4 is 17.6 Å². The summed E-state index contributed by atoms with van der Waals surface area (Å²) in [6, 6.07) is 15.8. The molecule has 0 fully saturated rings. The fourth-order valence-corrected chi connectivity index (χ4v) is 4.16. The molecular formula is C30H35FN4O4. The average Bonchev–Trinajstić information content (AvgIpc) is 2.95. The lowest BCUT2D eigenvalue weighted by molar-refractivity contribution is 0.0356. The number of aliphatic hydroxyl groups is 1. The summed E-state index contributed by atoms with van der Waals surface area (Å²) >= 11 is 0. The molecule has 2 aromatic carbocycles. The molecule has 3 atom stereocenters. The smallest absolute Gasteiger partial charge is 0.321 e. The molecule has 0 radical (unpaired) electrons. The van der Waals surface area contributed by atoms with E-state index in [0.717, 1.165) is 5.56 Å². The summed E-state index contributed by atoms with van der Waals surface area (Å²) in [6.45, 7) is 3.99. The number of urea groups is 1. The minimum atomic E-state index is -0.511. The van der Waals surface area contributed by atoms with Crippen LogP contribution in [0.2, 0.25) is 0 Å². The number of likely N-dealkylation sites (N-methyl/N-ethyl adjacent to an activating group) is 1. The van der Waals surface area contributed by atoms with Gasteiger partial charge in [0.15, 0.2) is 0 Å². The molecule has 1 aliphatic heterocycles. The number of aliphatic hydroxyl groups excluding tert-OH is 1.